The van der Waals surface area contributed by atoms with Gasteiger partial charge in [0.25, 0.3) is 0 Å². The van der Waals surface area contributed by atoms with Gasteiger partial charge in [0.2, 0.25) is 0 Å². The van der Waals surface area contributed by atoms with Crippen LogP contribution in [0.1, 0.15) is 15.9 Å². The second-order valence-corrected chi connectivity index (χ2v) is 4.77. The van der Waals surface area contributed by atoms with Crippen molar-refractivity contribution in [1.29, 1.82) is 0 Å². The van der Waals surface area contributed by atoms with Gasteiger partial charge in [0, 0.05) is 10.6 Å². The smallest absolute Gasteiger partial charge is 0.338 e. The van der Waals surface area contributed by atoms with Crippen LogP contribution in [-0.4, -0.2) is 11.1 Å². The van der Waals surface area contributed by atoms with Crippen LogP contribution in [0, 0.1) is 5.82 Å². The van der Waals surface area contributed by atoms with E-state index in [1.807, 2.05) is 30.3 Å². The predicted octanol–water partition coefficient (Wildman–Crippen LogP) is 3.82. The number of carbonyl (C=O) groups is 1. The molecular weight excluding hydrogens is 251 g/mol. The van der Waals surface area contributed by atoms with E-state index in [1.165, 1.54) is 12.1 Å². The van der Waals surface area contributed by atoms with Gasteiger partial charge in [-0.05, 0) is 29.8 Å². The minimum Gasteiger partial charge on any atom is -0.478 e. The molecule has 92 valence electrons. The zero-order valence-electron chi connectivity index (χ0n) is 9.47. The van der Waals surface area contributed by atoms with E-state index in [4.69, 9.17) is 5.11 Å². The molecule has 0 radical (unpaired) electrons. The zero-order chi connectivity index (χ0) is 13.0. The summed E-state index contributed by atoms with van der Waals surface area (Å²) in [5.74, 6) is -1.32. The van der Waals surface area contributed by atoms with Crippen molar-refractivity contribution in [3.05, 3.63) is 65.5 Å². The van der Waals surface area contributed by atoms with Crippen LogP contribution in [0.3, 0.4) is 0 Å². The molecule has 0 fully saturated rings. The number of benzene rings is 2. The lowest BCUT2D eigenvalue weighted by Crippen LogP contribution is -2.01. The van der Waals surface area contributed by atoms with E-state index < -0.39 is 11.8 Å². The Balaban J connectivity index is 2.11. The summed E-state index contributed by atoms with van der Waals surface area (Å²) in [6.45, 7) is 0. The van der Waals surface area contributed by atoms with Crippen LogP contribution in [0.15, 0.2) is 53.4 Å². The van der Waals surface area contributed by atoms with Crippen molar-refractivity contribution in [2.45, 2.75) is 10.6 Å². The van der Waals surface area contributed by atoms with E-state index in [9.17, 15) is 9.18 Å². The Kier molecular flexibility index (Phi) is 3.99. The maximum atomic E-state index is 13.2. The Morgan fingerprint density at radius 3 is 2.56 bits per heavy atom. The first-order chi connectivity index (χ1) is 8.66. The van der Waals surface area contributed by atoms with Crippen LogP contribution >= 0.6 is 11.8 Å². The molecule has 0 saturated heterocycles. The largest absolute Gasteiger partial charge is 0.478 e. The highest BCUT2D eigenvalue weighted by atomic mass is 32.2. The third kappa shape index (κ3) is 3.11. The third-order valence-electron chi connectivity index (χ3n) is 2.41. The number of rotatable bonds is 4. The number of halogens is 1. The van der Waals surface area contributed by atoms with Gasteiger partial charge in [-0.3, -0.25) is 0 Å². The summed E-state index contributed by atoms with van der Waals surface area (Å²) in [6, 6.07) is 14.0. The van der Waals surface area contributed by atoms with E-state index in [-0.39, 0.29) is 5.56 Å². The van der Waals surface area contributed by atoms with Crippen molar-refractivity contribution < 1.29 is 14.3 Å². The molecule has 2 rings (SSSR count). The molecule has 0 aliphatic carbocycles. The van der Waals surface area contributed by atoms with Crippen molar-refractivity contribution >= 4 is 17.7 Å². The molecule has 0 spiro atoms. The molecule has 2 aromatic carbocycles. The summed E-state index contributed by atoms with van der Waals surface area (Å²) in [4.78, 5) is 11.9. The predicted molar refractivity (Wildman–Crippen MR) is 69.4 cm³/mol. The highest BCUT2D eigenvalue weighted by Crippen LogP contribution is 2.23. The minimum atomic E-state index is -1.24. The molecule has 0 heterocycles. The molecule has 0 unspecified atom stereocenters. The van der Waals surface area contributed by atoms with Crippen molar-refractivity contribution in [2.75, 3.05) is 0 Å². The summed E-state index contributed by atoms with van der Waals surface area (Å²) in [7, 11) is 0. The van der Waals surface area contributed by atoms with E-state index in [0.29, 0.717) is 5.75 Å². The lowest BCUT2D eigenvalue weighted by atomic mass is 10.1. The number of aromatic carboxylic acids is 1. The summed E-state index contributed by atoms with van der Waals surface area (Å²) < 4.78 is 13.2. The van der Waals surface area contributed by atoms with Crippen molar-refractivity contribution in [3.63, 3.8) is 0 Å². The highest BCUT2D eigenvalue weighted by molar-refractivity contribution is 7.98. The standard InChI is InChI=1S/C14H11FO2S/c15-13-7-6-10(8-12(13)14(16)17)9-18-11-4-2-1-3-5-11/h1-8H,9H2,(H,16,17). The first-order valence-electron chi connectivity index (χ1n) is 5.36. The van der Waals surface area contributed by atoms with Crippen LogP contribution < -0.4 is 0 Å². The van der Waals surface area contributed by atoms with Gasteiger partial charge in [-0.15, -0.1) is 11.8 Å². The van der Waals surface area contributed by atoms with Crippen molar-refractivity contribution in [3.8, 4) is 0 Å². The van der Waals surface area contributed by atoms with Crippen molar-refractivity contribution in [1.82, 2.24) is 0 Å². The average Bonchev–Trinajstić information content (AvgIpc) is 2.38. The first-order valence-corrected chi connectivity index (χ1v) is 6.35. The molecule has 0 aliphatic heterocycles. The van der Waals surface area contributed by atoms with E-state index >= 15 is 0 Å². The second-order valence-electron chi connectivity index (χ2n) is 3.72. The maximum Gasteiger partial charge on any atom is 0.338 e. The molecule has 2 aromatic rings. The van der Waals surface area contributed by atoms with Gasteiger partial charge in [-0.2, -0.15) is 0 Å². The van der Waals surface area contributed by atoms with Gasteiger partial charge >= 0.3 is 5.97 Å². The molecular formula is C14H11FO2S. The van der Waals surface area contributed by atoms with Crippen LogP contribution in [0.25, 0.3) is 0 Å². The molecule has 0 aliphatic rings. The number of thioether (sulfide) groups is 1. The van der Waals surface area contributed by atoms with E-state index in [1.54, 1.807) is 17.8 Å². The molecule has 4 heteroatoms. The average molecular weight is 262 g/mol. The number of hydrogen-bond donors (Lipinski definition) is 1. The van der Waals surface area contributed by atoms with Gasteiger partial charge in [0.1, 0.15) is 5.82 Å². The second kappa shape index (κ2) is 5.69. The van der Waals surface area contributed by atoms with Gasteiger partial charge in [0.05, 0.1) is 5.56 Å². The lowest BCUT2D eigenvalue weighted by Gasteiger charge is -2.04. The van der Waals surface area contributed by atoms with E-state index in [2.05, 4.69) is 0 Å². The Morgan fingerprint density at radius 2 is 1.89 bits per heavy atom. The van der Waals surface area contributed by atoms with Crippen LogP contribution in [0.5, 0.6) is 0 Å². The normalized spacial score (nSPS) is 10.3. The van der Waals surface area contributed by atoms with Crippen LogP contribution in [0.4, 0.5) is 4.39 Å². The summed E-state index contributed by atoms with van der Waals surface area (Å²) in [5.41, 5.74) is 0.517. The SMILES string of the molecule is O=C(O)c1cc(CSc2ccccc2)ccc1F. The molecule has 0 aromatic heterocycles. The molecule has 0 saturated carbocycles. The monoisotopic (exact) mass is 262 g/mol. The molecule has 0 amide bonds. The maximum absolute atomic E-state index is 13.2. The Bertz CT molecular complexity index is 555. The Morgan fingerprint density at radius 1 is 1.17 bits per heavy atom. The molecule has 2 nitrogen and oxygen atoms in total. The summed E-state index contributed by atoms with van der Waals surface area (Å²) in [6.07, 6.45) is 0. The number of hydrogen-bond acceptors (Lipinski definition) is 2. The summed E-state index contributed by atoms with van der Waals surface area (Å²) >= 11 is 1.58. The Labute approximate surface area is 108 Å². The number of carboxylic acid groups (broad SMARTS) is 1. The van der Waals surface area contributed by atoms with Crippen LogP contribution in [-0.2, 0) is 5.75 Å². The van der Waals surface area contributed by atoms with Crippen LogP contribution in [0.2, 0.25) is 0 Å². The van der Waals surface area contributed by atoms with Gasteiger partial charge < -0.3 is 5.11 Å². The lowest BCUT2D eigenvalue weighted by molar-refractivity contribution is 0.0692. The quantitative estimate of drug-likeness (QED) is 0.851. The van der Waals surface area contributed by atoms with Gasteiger partial charge in [-0.25, -0.2) is 9.18 Å². The minimum absolute atomic E-state index is 0.277. The van der Waals surface area contributed by atoms with Gasteiger partial charge in [-0.1, -0.05) is 24.3 Å². The first kappa shape index (κ1) is 12.6. The fourth-order valence-electron chi connectivity index (χ4n) is 1.51. The Hall–Kier alpha value is -1.81. The third-order valence-corrected chi connectivity index (χ3v) is 3.49. The fourth-order valence-corrected chi connectivity index (χ4v) is 2.37. The number of carboxylic acids is 1. The molecule has 18 heavy (non-hydrogen) atoms. The molecule has 0 bridgehead atoms. The van der Waals surface area contributed by atoms with Gasteiger partial charge in [0.15, 0.2) is 0 Å². The highest BCUT2D eigenvalue weighted by Gasteiger charge is 2.10. The van der Waals surface area contributed by atoms with Crippen molar-refractivity contribution in [2.24, 2.45) is 0 Å². The molecule has 0 atom stereocenters. The fraction of sp³-hybridized carbons (Fsp3) is 0.0714. The summed E-state index contributed by atoms with van der Waals surface area (Å²) in [5, 5.41) is 8.83. The topological polar surface area (TPSA) is 37.3 Å². The van der Waals surface area contributed by atoms with E-state index in [0.717, 1.165) is 10.5 Å². The zero-order valence-corrected chi connectivity index (χ0v) is 10.3. The molecule has 1 N–H and O–H groups in total.